The van der Waals surface area contributed by atoms with E-state index in [1.165, 1.54) is 19.3 Å². The van der Waals surface area contributed by atoms with Crippen LogP contribution in [0.3, 0.4) is 0 Å². The van der Waals surface area contributed by atoms with Crippen LogP contribution in [0.15, 0.2) is 6.07 Å². The van der Waals surface area contributed by atoms with Crippen molar-refractivity contribution in [1.29, 1.82) is 0 Å². The van der Waals surface area contributed by atoms with Gasteiger partial charge >= 0.3 is 0 Å². The second kappa shape index (κ2) is 4.70. The average Bonchev–Trinajstić information content (AvgIpc) is 2.39. The van der Waals surface area contributed by atoms with Gasteiger partial charge in [0, 0.05) is 12.0 Å². The van der Waals surface area contributed by atoms with Crippen molar-refractivity contribution in [2.75, 3.05) is 6.61 Å². The van der Waals surface area contributed by atoms with Gasteiger partial charge in [-0.05, 0) is 37.2 Å². The first-order valence-corrected chi connectivity index (χ1v) is 7.72. The first-order valence-electron chi connectivity index (χ1n) is 7.72. The van der Waals surface area contributed by atoms with Gasteiger partial charge in [0.1, 0.15) is 11.7 Å². The molecule has 0 radical (unpaired) electrons. The second-order valence-corrected chi connectivity index (χ2v) is 6.62. The van der Waals surface area contributed by atoms with Crippen LogP contribution in [-0.4, -0.2) is 23.6 Å². The average molecular weight is 288 g/mol. The van der Waals surface area contributed by atoms with E-state index >= 15 is 0 Å². The highest BCUT2D eigenvalue weighted by atomic mass is 16.5. The van der Waals surface area contributed by atoms with E-state index in [0.29, 0.717) is 30.1 Å². The molecule has 0 aromatic carbocycles. The third-order valence-corrected chi connectivity index (χ3v) is 5.18. The quantitative estimate of drug-likeness (QED) is 0.922. The van der Waals surface area contributed by atoms with Crippen LogP contribution >= 0.6 is 0 Å². The molecule has 1 spiro atoms. The van der Waals surface area contributed by atoms with Crippen molar-refractivity contribution in [1.82, 2.24) is 4.98 Å². The van der Waals surface area contributed by atoms with Crippen molar-refractivity contribution in [3.05, 3.63) is 22.9 Å². The third-order valence-electron chi connectivity index (χ3n) is 5.18. The predicted octanol–water partition coefficient (Wildman–Crippen LogP) is 1.96. The summed E-state index contributed by atoms with van der Waals surface area (Å²) in [5.74, 6) is -0.0640. The summed E-state index contributed by atoms with van der Waals surface area (Å²) in [6.07, 6.45) is 7.12. The Balaban J connectivity index is 1.56. The van der Waals surface area contributed by atoms with Crippen LogP contribution in [0, 0.1) is 5.41 Å². The van der Waals surface area contributed by atoms with E-state index < -0.39 is 5.91 Å². The van der Waals surface area contributed by atoms with Gasteiger partial charge < -0.3 is 15.2 Å². The van der Waals surface area contributed by atoms with Gasteiger partial charge in [-0.25, -0.2) is 4.98 Å². The highest BCUT2D eigenvalue weighted by Crippen LogP contribution is 2.56. The lowest BCUT2D eigenvalue weighted by Gasteiger charge is -2.53. The first kappa shape index (κ1) is 13.1. The van der Waals surface area contributed by atoms with Gasteiger partial charge in [-0.15, -0.1) is 0 Å². The number of hydrogen-bond donors (Lipinski definition) is 1. The van der Waals surface area contributed by atoms with Crippen molar-refractivity contribution >= 4 is 5.91 Å². The molecular formula is C16H20N2O3. The fraction of sp³-hybridized carbons (Fsp3) is 0.625. The largest absolute Gasteiger partial charge is 0.474 e. The monoisotopic (exact) mass is 288 g/mol. The van der Waals surface area contributed by atoms with Gasteiger partial charge in [0.05, 0.1) is 18.9 Å². The van der Waals surface area contributed by atoms with Crippen LogP contribution in [0.1, 0.15) is 53.7 Å². The number of hydrogen-bond acceptors (Lipinski definition) is 4. The normalized spacial score (nSPS) is 23.0. The molecule has 0 unspecified atom stereocenters. The van der Waals surface area contributed by atoms with E-state index in [-0.39, 0.29) is 6.10 Å². The summed E-state index contributed by atoms with van der Waals surface area (Å²) >= 11 is 0. The Hall–Kier alpha value is -1.62. The summed E-state index contributed by atoms with van der Waals surface area (Å²) in [5, 5.41) is 0. The number of nitrogens with zero attached hydrogens (tertiary/aromatic N) is 1. The molecule has 2 aliphatic carbocycles. The molecule has 2 saturated carbocycles. The molecule has 112 valence electrons. The maximum atomic E-state index is 11.7. The molecule has 1 aliphatic heterocycles. The molecule has 0 atom stereocenters. The van der Waals surface area contributed by atoms with Crippen molar-refractivity contribution in [3.63, 3.8) is 0 Å². The minimum Gasteiger partial charge on any atom is -0.474 e. The Morgan fingerprint density at radius 2 is 2.24 bits per heavy atom. The molecule has 3 aliphatic rings. The summed E-state index contributed by atoms with van der Waals surface area (Å²) in [6.45, 7) is 1.16. The number of aromatic nitrogens is 1. The van der Waals surface area contributed by atoms with Gasteiger partial charge in [-0.2, -0.15) is 0 Å². The lowest BCUT2D eigenvalue weighted by Crippen LogP contribution is -2.48. The molecule has 1 amide bonds. The van der Waals surface area contributed by atoms with Crippen LogP contribution < -0.4 is 10.5 Å². The predicted molar refractivity (Wildman–Crippen MR) is 76.0 cm³/mol. The highest BCUT2D eigenvalue weighted by Gasteiger charge is 2.49. The zero-order valence-corrected chi connectivity index (χ0v) is 12.1. The Kier molecular flexibility index (Phi) is 2.92. The second-order valence-electron chi connectivity index (χ2n) is 6.62. The first-order chi connectivity index (χ1) is 10.2. The number of amides is 1. The van der Waals surface area contributed by atoms with Crippen LogP contribution in [-0.2, 0) is 17.8 Å². The van der Waals surface area contributed by atoms with E-state index in [4.69, 9.17) is 15.2 Å². The smallest absolute Gasteiger partial charge is 0.254 e. The van der Waals surface area contributed by atoms with Crippen LogP contribution in [0.2, 0.25) is 0 Å². The molecule has 4 rings (SSSR count). The van der Waals surface area contributed by atoms with E-state index in [1.54, 1.807) is 6.07 Å². The topological polar surface area (TPSA) is 74.4 Å². The summed E-state index contributed by atoms with van der Waals surface area (Å²) in [7, 11) is 0. The standard InChI is InChI=1S/C16H20N2O3/c17-14(19)12-6-10-9-20-5-2-13(10)18-15(12)21-11-7-16(8-11)3-1-4-16/h6,11H,1-5,7-9H2,(H2,17,19). The van der Waals surface area contributed by atoms with Gasteiger partial charge in [0.15, 0.2) is 0 Å². The van der Waals surface area contributed by atoms with E-state index in [2.05, 4.69) is 4.98 Å². The summed E-state index contributed by atoms with van der Waals surface area (Å²) in [4.78, 5) is 16.2. The minimum atomic E-state index is -0.483. The van der Waals surface area contributed by atoms with Crippen LogP contribution in [0.5, 0.6) is 5.88 Å². The summed E-state index contributed by atoms with van der Waals surface area (Å²) in [5.41, 5.74) is 8.32. The molecule has 1 aromatic rings. The maximum absolute atomic E-state index is 11.7. The zero-order valence-electron chi connectivity index (χ0n) is 12.1. The Bertz CT molecular complexity index is 587. The van der Waals surface area contributed by atoms with Crippen LogP contribution in [0.4, 0.5) is 0 Å². The highest BCUT2D eigenvalue weighted by molar-refractivity contribution is 5.95. The molecule has 0 bridgehead atoms. The van der Waals surface area contributed by atoms with Gasteiger partial charge in [-0.1, -0.05) is 6.42 Å². The third kappa shape index (κ3) is 2.20. The molecule has 2 heterocycles. The number of nitrogens with two attached hydrogens (primary N) is 1. The molecule has 21 heavy (non-hydrogen) atoms. The minimum absolute atomic E-state index is 0.189. The fourth-order valence-corrected chi connectivity index (χ4v) is 3.77. The van der Waals surface area contributed by atoms with Crippen LogP contribution in [0.25, 0.3) is 0 Å². The van der Waals surface area contributed by atoms with Crippen molar-refractivity contribution in [2.45, 2.75) is 51.2 Å². The van der Waals surface area contributed by atoms with Gasteiger partial charge in [0.25, 0.3) is 5.91 Å². The summed E-state index contributed by atoms with van der Waals surface area (Å²) in [6, 6.07) is 1.79. The van der Waals surface area contributed by atoms with E-state index in [1.807, 2.05) is 0 Å². The van der Waals surface area contributed by atoms with E-state index in [9.17, 15) is 4.79 Å². The van der Waals surface area contributed by atoms with Gasteiger partial charge in [-0.3, -0.25) is 4.79 Å². The Morgan fingerprint density at radius 3 is 2.90 bits per heavy atom. The summed E-state index contributed by atoms with van der Waals surface area (Å²) < 4.78 is 11.4. The number of rotatable bonds is 3. The molecular weight excluding hydrogens is 268 g/mol. The number of primary amides is 1. The number of pyridine rings is 1. The fourth-order valence-electron chi connectivity index (χ4n) is 3.77. The Morgan fingerprint density at radius 1 is 1.43 bits per heavy atom. The number of ether oxygens (including phenoxy) is 2. The lowest BCUT2D eigenvalue weighted by molar-refractivity contribution is -0.0699. The van der Waals surface area contributed by atoms with Gasteiger partial charge in [0.2, 0.25) is 5.88 Å². The molecule has 1 aromatic heterocycles. The number of carbonyl (C=O) groups excluding carboxylic acids is 1. The SMILES string of the molecule is NC(=O)c1cc2c(nc1OC1CC3(CCC3)C1)CCOC2. The molecule has 5 nitrogen and oxygen atoms in total. The molecule has 0 saturated heterocycles. The van der Waals surface area contributed by atoms with E-state index in [0.717, 1.165) is 30.5 Å². The molecule has 2 N–H and O–H groups in total. The number of fused-ring (bicyclic) bond motifs is 1. The van der Waals surface area contributed by atoms with Crippen molar-refractivity contribution < 1.29 is 14.3 Å². The number of carbonyl (C=O) groups is 1. The zero-order chi connectivity index (χ0) is 14.4. The molecule has 2 fully saturated rings. The van der Waals surface area contributed by atoms with Crippen molar-refractivity contribution in [2.24, 2.45) is 11.1 Å². The molecule has 5 heteroatoms. The maximum Gasteiger partial charge on any atom is 0.254 e. The van der Waals surface area contributed by atoms with Crippen molar-refractivity contribution in [3.8, 4) is 5.88 Å². The lowest BCUT2D eigenvalue weighted by atomic mass is 9.55. The Labute approximate surface area is 123 Å².